The quantitative estimate of drug-likeness (QED) is 0.341. The van der Waals surface area contributed by atoms with Gasteiger partial charge in [0, 0.05) is 12.5 Å². The molecule has 0 heterocycles. The highest BCUT2D eigenvalue weighted by molar-refractivity contribution is 6.01. The summed E-state index contributed by atoms with van der Waals surface area (Å²) < 4.78 is 26.2. The summed E-state index contributed by atoms with van der Waals surface area (Å²) in [5, 5.41) is 0. The maximum atomic E-state index is 13.1. The molecule has 1 fully saturated rings. The number of carbonyl (C=O) groups is 1. The number of halogens is 2. The van der Waals surface area contributed by atoms with Crippen LogP contribution in [0.2, 0.25) is 0 Å². The van der Waals surface area contributed by atoms with Crippen LogP contribution in [0.5, 0.6) is 0 Å². The molecule has 1 aromatic rings. The molecule has 0 radical (unpaired) electrons. The summed E-state index contributed by atoms with van der Waals surface area (Å²) in [5.74, 6) is -3.01. The first kappa shape index (κ1) is 20.1. The van der Waals surface area contributed by atoms with E-state index in [0.29, 0.717) is 12.8 Å². The third-order valence-corrected chi connectivity index (χ3v) is 5.61. The highest BCUT2D eigenvalue weighted by Gasteiger charge is 2.33. The van der Waals surface area contributed by atoms with Gasteiger partial charge in [-0.3, -0.25) is 4.79 Å². The van der Waals surface area contributed by atoms with Crippen molar-refractivity contribution in [2.75, 3.05) is 0 Å². The molecule has 25 heavy (non-hydrogen) atoms. The highest BCUT2D eigenvalue weighted by atomic mass is 19.3. The molecular weight excluding hydrogens is 318 g/mol. The van der Waals surface area contributed by atoms with Gasteiger partial charge in [0.05, 0.1) is 0 Å². The summed E-state index contributed by atoms with van der Waals surface area (Å²) in [7, 11) is 0. The van der Waals surface area contributed by atoms with Crippen LogP contribution < -0.4 is 0 Å². The summed E-state index contributed by atoms with van der Waals surface area (Å²) in [6.07, 6.45) is 13.0. The van der Waals surface area contributed by atoms with Gasteiger partial charge in [0.25, 0.3) is 0 Å². The fourth-order valence-corrected chi connectivity index (χ4v) is 3.98. The fraction of sp³-hybridized carbons (Fsp3) is 0.682. The van der Waals surface area contributed by atoms with Gasteiger partial charge in [0.15, 0.2) is 0 Å². The summed E-state index contributed by atoms with van der Waals surface area (Å²) >= 11 is 0. The Hall–Kier alpha value is -1.25. The van der Waals surface area contributed by atoms with Crippen molar-refractivity contribution in [2.24, 2.45) is 5.92 Å². The van der Waals surface area contributed by atoms with Crippen molar-refractivity contribution in [3.05, 3.63) is 35.4 Å². The SMILES string of the molecule is CCCCCCCC1CCC(c2ccc(C(=O)C(C)(F)F)cc2)CC1. The largest absolute Gasteiger partial charge is 0.307 e. The standard InChI is InChI=1S/C22H32F2O/c1-3-4-5-6-7-8-17-9-11-18(12-10-17)19-13-15-20(16-14-19)21(25)22(2,23)24/h13-18H,3-12H2,1-2H3. The van der Waals surface area contributed by atoms with Gasteiger partial charge in [-0.25, -0.2) is 0 Å². The van der Waals surface area contributed by atoms with Crippen LogP contribution in [-0.4, -0.2) is 11.7 Å². The molecule has 1 aliphatic rings. The first-order valence-corrected chi connectivity index (χ1v) is 9.94. The lowest BCUT2D eigenvalue weighted by Gasteiger charge is -2.29. The molecule has 0 bridgehead atoms. The zero-order chi connectivity index (χ0) is 18.3. The molecule has 3 heteroatoms. The number of carbonyl (C=O) groups excluding carboxylic acids is 1. The number of rotatable bonds is 9. The Kier molecular flexibility index (Phi) is 7.58. The second kappa shape index (κ2) is 9.45. The Morgan fingerprint density at radius 2 is 1.60 bits per heavy atom. The lowest BCUT2D eigenvalue weighted by Crippen LogP contribution is -2.24. The van der Waals surface area contributed by atoms with Gasteiger partial charge in [0.2, 0.25) is 5.78 Å². The summed E-state index contributed by atoms with van der Waals surface area (Å²) in [4.78, 5) is 11.6. The average molecular weight is 350 g/mol. The lowest BCUT2D eigenvalue weighted by atomic mass is 9.77. The number of Topliss-reactive ketones (excluding diaryl/α,β-unsaturated/α-hetero) is 1. The molecule has 0 aliphatic heterocycles. The van der Waals surface area contributed by atoms with E-state index in [-0.39, 0.29) is 5.56 Å². The van der Waals surface area contributed by atoms with E-state index < -0.39 is 11.7 Å². The van der Waals surface area contributed by atoms with Gasteiger partial charge in [0.1, 0.15) is 0 Å². The molecule has 1 saturated carbocycles. The predicted molar refractivity (Wildman–Crippen MR) is 99.5 cm³/mol. The van der Waals surface area contributed by atoms with Crippen LogP contribution in [0.15, 0.2) is 24.3 Å². The second-order valence-electron chi connectivity index (χ2n) is 7.76. The Morgan fingerprint density at radius 1 is 1.00 bits per heavy atom. The van der Waals surface area contributed by atoms with Crippen LogP contribution in [0.3, 0.4) is 0 Å². The van der Waals surface area contributed by atoms with Crippen molar-refractivity contribution in [2.45, 2.75) is 89.9 Å². The number of ketones is 1. The molecule has 0 atom stereocenters. The van der Waals surface area contributed by atoms with Gasteiger partial charge in [-0.1, -0.05) is 69.7 Å². The van der Waals surface area contributed by atoms with Crippen molar-refractivity contribution in [1.82, 2.24) is 0 Å². The van der Waals surface area contributed by atoms with Crippen molar-refractivity contribution in [3.63, 3.8) is 0 Å². The normalized spacial score (nSPS) is 21.3. The van der Waals surface area contributed by atoms with Crippen LogP contribution in [0.1, 0.15) is 99.9 Å². The van der Waals surface area contributed by atoms with Gasteiger partial charge in [-0.05, 0) is 43.1 Å². The van der Waals surface area contributed by atoms with Crippen LogP contribution in [0, 0.1) is 5.92 Å². The Labute approximate surface area is 151 Å². The van der Waals surface area contributed by atoms with Crippen LogP contribution in [-0.2, 0) is 0 Å². The van der Waals surface area contributed by atoms with Crippen molar-refractivity contribution in [3.8, 4) is 0 Å². The Bertz CT molecular complexity index is 522. The van der Waals surface area contributed by atoms with Crippen molar-refractivity contribution in [1.29, 1.82) is 0 Å². The van der Waals surface area contributed by atoms with E-state index in [0.717, 1.165) is 5.92 Å². The minimum atomic E-state index is -3.29. The van der Waals surface area contributed by atoms with Crippen LogP contribution in [0.4, 0.5) is 8.78 Å². The van der Waals surface area contributed by atoms with Gasteiger partial charge in [-0.2, -0.15) is 8.78 Å². The second-order valence-corrected chi connectivity index (χ2v) is 7.76. The van der Waals surface area contributed by atoms with Gasteiger partial charge in [-0.15, -0.1) is 0 Å². The van der Waals surface area contributed by atoms with Crippen LogP contribution >= 0.6 is 0 Å². The fourth-order valence-electron chi connectivity index (χ4n) is 3.98. The molecule has 0 saturated heterocycles. The molecule has 0 spiro atoms. The average Bonchev–Trinajstić information content (AvgIpc) is 2.61. The number of hydrogen-bond donors (Lipinski definition) is 0. The molecule has 0 aromatic heterocycles. The molecule has 2 rings (SSSR count). The third-order valence-electron chi connectivity index (χ3n) is 5.61. The van der Waals surface area contributed by atoms with Crippen molar-refractivity contribution >= 4 is 5.78 Å². The van der Waals surface area contributed by atoms with E-state index in [1.165, 1.54) is 69.8 Å². The van der Waals surface area contributed by atoms with E-state index in [1.54, 1.807) is 12.1 Å². The van der Waals surface area contributed by atoms with E-state index in [9.17, 15) is 13.6 Å². The minimum absolute atomic E-state index is 0.108. The number of alkyl halides is 2. The summed E-state index contributed by atoms with van der Waals surface area (Å²) in [6, 6.07) is 6.87. The first-order valence-electron chi connectivity index (χ1n) is 9.94. The number of benzene rings is 1. The lowest BCUT2D eigenvalue weighted by molar-refractivity contribution is 0.0221. The van der Waals surface area contributed by atoms with Gasteiger partial charge >= 0.3 is 5.92 Å². The topological polar surface area (TPSA) is 17.1 Å². The Morgan fingerprint density at radius 3 is 2.16 bits per heavy atom. The van der Waals surface area contributed by atoms with Crippen molar-refractivity contribution < 1.29 is 13.6 Å². The highest BCUT2D eigenvalue weighted by Crippen LogP contribution is 2.38. The van der Waals surface area contributed by atoms with E-state index in [2.05, 4.69) is 6.92 Å². The third kappa shape index (κ3) is 6.20. The van der Waals surface area contributed by atoms with E-state index in [4.69, 9.17) is 0 Å². The van der Waals surface area contributed by atoms with E-state index >= 15 is 0 Å². The maximum Gasteiger partial charge on any atom is 0.307 e. The monoisotopic (exact) mass is 350 g/mol. The zero-order valence-electron chi connectivity index (χ0n) is 15.7. The summed E-state index contributed by atoms with van der Waals surface area (Å²) in [5.41, 5.74) is 1.30. The molecule has 1 aliphatic carbocycles. The smallest absolute Gasteiger partial charge is 0.287 e. The first-order chi connectivity index (χ1) is 11.9. The number of unbranched alkanes of at least 4 members (excludes halogenated alkanes) is 4. The predicted octanol–water partition coefficient (Wildman–Crippen LogP) is 7.16. The molecular formula is C22H32F2O. The molecule has 1 aromatic carbocycles. The Balaban J connectivity index is 1.78. The molecule has 140 valence electrons. The maximum absolute atomic E-state index is 13.1. The van der Waals surface area contributed by atoms with Gasteiger partial charge < -0.3 is 0 Å². The molecule has 0 N–H and O–H groups in total. The van der Waals surface area contributed by atoms with Crippen LogP contribution in [0.25, 0.3) is 0 Å². The van der Waals surface area contributed by atoms with E-state index in [1.807, 2.05) is 12.1 Å². The summed E-state index contributed by atoms with van der Waals surface area (Å²) in [6.45, 7) is 2.91. The minimum Gasteiger partial charge on any atom is -0.287 e. The number of hydrogen-bond acceptors (Lipinski definition) is 1. The molecule has 0 amide bonds. The molecule has 1 nitrogen and oxygen atoms in total. The zero-order valence-corrected chi connectivity index (χ0v) is 15.7. The molecule has 0 unspecified atom stereocenters.